The molecule has 1 aliphatic heterocycles. The van der Waals surface area contributed by atoms with E-state index in [1.165, 1.54) is 6.07 Å². The molecule has 1 amide bonds. The summed E-state index contributed by atoms with van der Waals surface area (Å²) < 4.78 is 31.8. The molecule has 7 nitrogen and oxygen atoms in total. The van der Waals surface area contributed by atoms with Crippen LogP contribution in [0, 0.1) is 5.82 Å². The standard InChI is InChI=1S/C21H29BFN3O4/c1-12(24-16(27)17-25-18(26-28-17)19(2,3)4)14-10-9-13(11-15(14)23)22-29-20(5,6)21(7,8)30-22/h9-12H,1-8H3,(H,24,27). The first-order chi connectivity index (χ1) is 13.7. The molecule has 1 fully saturated rings. The molecule has 1 N–H and O–H groups in total. The Labute approximate surface area is 176 Å². The Kier molecular flexibility index (Phi) is 5.58. The van der Waals surface area contributed by atoms with E-state index in [1.807, 2.05) is 48.5 Å². The van der Waals surface area contributed by atoms with E-state index < -0.39 is 36.1 Å². The molecule has 0 bridgehead atoms. The van der Waals surface area contributed by atoms with Crippen molar-refractivity contribution in [1.82, 2.24) is 15.5 Å². The van der Waals surface area contributed by atoms with Crippen molar-refractivity contribution in [3.8, 4) is 0 Å². The van der Waals surface area contributed by atoms with E-state index >= 15 is 0 Å². The summed E-state index contributed by atoms with van der Waals surface area (Å²) in [5.74, 6) is -0.741. The summed E-state index contributed by atoms with van der Waals surface area (Å²) in [5, 5.41) is 6.53. The Hall–Kier alpha value is -2.26. The van der Waals surface area contributed by atoms with Crippen molar-refractivity contribution in [1.29, 1.82) is 0 Å². The summed E-state index contributed by atoms with van der Waals surface area (Å²) >= 11 is 0. The van der Waals surface area contributed by atoms with Gasteiger partial charge in [0.15, 0.2) is 5.82 Å². The van der Waals surface area contributed by atoms with Gasteiger partial charge in [-0.25, -0.2) is 4.39 Å². The normalized spacial score (nSPS) is 19.0. The minimum absolute atomic E-state index is 0.152. The summed E-state index contributed by atoms with van der Waals surface area (Å²) in [5.41, 5.74) is -0.448. The van der Waals surface area contributed by atoms with Gasteiger partial charge in [-0.15, -0.1) is 0 Å². The van der Waals surface area contributed by atoms with Gasteiger partial charge in [0.2, 0.25) is 0 Å². The largest absolute Gasteiger partial charge is 0.494 e. The number of halogens is 1. The number of rotatable bonds is 4. The molecule has 3 rings (SSSR count). The summed E-state index contributed by atoms with van der Waals surface area (Å²) in [6.45, 7) is 15.2. The third kappa shape index (κ3) is 4.27. The van der Waals surface area contributed by atoms with E-state index in [0.717, 1.165) is 0 Å². The zero-order valence-corrected chi connectivity index (χ0v) is 18.8. The number of aromatic nitrogens is 2. The quantitative estimate of drug-likeness (QED) is 0.769. The highest BCUT2D eigenvalue weighted by molar-refractivity contribution is 6.62. The molecular formula is C21H29BFN3O4. The highest BCUT2D eigenvalue weighted by Crippen LogP contribution is 2.36. The van der Waals surface area contributed by atoms with E-state index in [1.54, 1.807) is 19.1 Å². The van der Waals surface area contributed by atoms with Gasteiger partial charge in [0, 0.05) is 11.0 Å². The van der Waals surface area contributed by atoms with Crippen molar-refractivity contribution in [2.24, 2.45) is 0 Å². The molecule has 9 heteroatoms. The average molecular weight is 417 g/mol. The molecule has 30 heavy (non-hydrogen) atoms. The minimum Gasteiger partial charge on any atom is -0.399 e. The van der Waals surface area contributed by atoms with Gasteiger partial charge in [0.25, 0.3) is 0 Å². The van der Waals surface area contributed by atoms with Crippen LogP contribution in [-0.4, -0.2) is 34.4 Å². The monoisotopic (exact) mass is 417 g/mol. The van der Waals surface area contributed by atoms with Gasteiger partial charge in [-0.05, 0) is 46.1 Å². The lowest BCUT2D eigenvalue weighted by atomic mass is 9.78. The van der Waals surface area contributed by atoms with Crippen molar-refractivity contribution in [3.63, 3.8) is 0 Å². The second-order valence-corrected chi connectivity index (χ2v) is 9.74. The van der Waals surface area contributed by atoms with Crippen LogP contribution in [0.1, 0.15) is 83.5 Å². The highest BCUT2D eigenvalue weighted by Gasteiger charge is 2.51. The summed E-state index contributed by atoms with van der Waals surface area (Å²) in [7, 11) is -0.655. The molecule has 1 aliphatic rings. The predicted molar refractivity (Wildman–Crippen MR) is 111 cm³/mol. The van der Waals surface area contributed by atoms with Crippen molar-refractivity contribution in [2.45, 2.75) is 78.0 Å². The molecule has 1 unspecified atom stereocenters. The maximum Gasteiger partial charge on any atom is 0.494 e. The number of amides is 1. The lowest BCUT2D eigenvalue weighted by Crippen LogP contribution is -2.41. The Bertz CT molecular complexity index is 936. The summed E-state index contributed by atoms with van der Waals surface area (Å²) in [6, 6.07) is 4.14. The molecular weight excluding hydrogens is 388 g/mol. The molecule has 0 aliphatic carbocycles. The second kappa shape index (κ2) is 7.46. The zero-order valence-electron chi connectivity index (χ0n) is 18.8. The number of nitrogens with one attached hydrogen (secondary N) is 1. The topological polar surface area (TPSA) is 86.5 Å². The molecule has 0 spiro atoms. The van der Waals surface area contributed by atoms with Crippen molar-refractivity contribution in [3.05, 3.63) is 41.3 Å². The number of benzene rings is 1. The number of carbonyl (C=O) groups excluding carboxylic acids is 1. The van der Waals surface area contributed by atoms with Crippen LogP contribution in [0.4, 0.5) is 4.39 Å². The van der Waals surface area contributed by atoms with Gasteiger partial charge in [-0.2, -0.15) is 4.98 Å². The third-order valence-corrected chi connectivity index (χ3v) is 5.66. The number of nitrogens with zero attached hydrogens (tertiary/aromatic N) is 2. The van der Waals surface area contributed by atoms with Gasteiger partial charge in [0.1, 0.15) is 5.82 Å². The molecule has 1 saturated heterocycles. The van der Waals surface area contributed by atoms with Crippen molar-refractivity contribution < 1.29 is 23.0 Å². The fourth-order valence-electron chi connectivity index (χ4n) is 2.98. The van der Waals surface area contributed by atoms with Crippen LogP contribution in [0.25, 0.3) is 0 Å². The number of carbonyl (C=O) groups is 1. The molecule has 0 saturated carbocycles. The van der Waals surface area contributed by atoms with E-state index in [9.17, 15) is 9.18 Å². The Balaban J connectivity index is 1.72. The first kappa shape index (κ1) is 22.4. The predicted octanol–water partition coefficient (Wildman–Crippen LogP) is 3.30. The van der Waals surface area contributed by atoms with Crippen LogP contribution >= 0.6 is 0 Å². The first-order valence-electron chi connectivity index (χ1n) is 10.0. The van der Waals surface area contributed by atoms with Crippen LogP contribution in [0.15, 0.2) is 22.7 Å². The molecule has 2 aromatic rings. The van der Waals surface area contributed by atoms with Crippen LogP contribution in [0.5, 0.6) is 0 Å². The smallest absolute Gasteiger partial charge is 0.399 e. The molecule has 0 radical (unpaired) electrons. The van der Waals surface area contributed by atoms with E-state index in [0.29, 0.717) is 16.9 Å². The Morgan fingerprint density at radius 1 is 1.17 bits per heavy atom. The SMILES string of the molecule is CC(NC(=O)c1nc(C(C)(C)C)no1)c1ccc(B2OC(C)(C)C(C)(C)O2)cc1F. The van der Waals surface area contributed by atoms with Crippen molar-refractivity contribution >= 4 is 18.5 Å². The van der Waals surface area contributed by atoms with Crippen LogP contribution in [0.3, 0.4) is 0 Å². The molecule has 1 aromatic heterocycles. The van der Waals surface area contributed by atoms with E-state index in [4.69, 9.17) is 13.8 Å². The van der Waals surface area contributed by atoms with Crippen LogP contribution in [-0.2, 0) is 14.7 Å². The zero-order chi connectivity index (χ0) is 22.5. The van der Waals surface area contributed by atoms with E-state index in [-0.39, 0.29) is 11.3 Å². The van der Waals surface area contributed by atoms with Crippen LogP contribution < -0.4 is 10.8 Å². The maximum atomic E-state index is 14.8. The summed E-state index contributed by atoms with van der Waals surface area (Å²) in [6.07, 6.45) is 0. The first-order valence-corrected chi connectivity index (χ1v) is 10.0. The second-order valence-electron chi connectivity index (χ2n) is 9.74. The van der Waals surface area contributed by atoms with Crippen LogP contribution in [0.2, 0.25) is 0 Å². The lowest BCUT2D eigenvalue weighted by Gasteiger charge is -2.32. The summed E-state index contributed by atoms with van der Waals surface area (Å²) in [4.78, 5) is 16.6. The van der Waals surface area contributed by atoms with Gasteiger partial charge >= 0.3 is 18.9 Å². The highest BCUT2D eigenvalue weighted by atomic mass is 19.1. The van der Waals surface area contributed by atoms with Gasteiger partial charge < -0.3 is 19.1 Å². The lowest BCUT2D eigenvalue weighted by molar-refractivity contribution is 0.00578. The fraction of sp³-hybridized carbons (Fsp3) is 0.571. The van der Waals surface area contributed by atoms with Gasteiger partial charge in [0.05, 0.1) is 17.2 Å². The number of hydrogen-bond acceptors (Lipinski definition) is 6. The molecule has 2 heterocycles. The fourth-order valence-corrected chi connectivity index (χ4v) is 2.98. The van der Waals surface area contributed by atoms with Crippen molar-refractivity contribution in [2.75, 3.05) is 0 Å². The van der Waals surface area contributed by atoms with E-state index in [2.05, 4.69) is 15.5 Å². The van der Waals surface area contributed by atoms with Gasteiger partial charge in [-0.1, -0.05) is 38.1 Å². The minimum atomic E-state index is -0.655. The maximum absolute atomic E-state index is 14.8. The Morgan fingerprint density at radius 3 is 2.27 bits per heavy atom. The Morgan fingerprint density at radius 2 is 1.77 bits per heavy atom. The van der Waals surface area contributed by atoms with Gasteiger partial charge in [-0.3, -0.25) is 4.79 Å². The molecule has 162 valence electrons. The number of hydrogen-bond donors (Lipinski definition) is 1. The third-order valence-electron chi connectivity index (χ3n) is 5.66. The average Bonchev–Trinajstić information content (AvgIpc) is 3.18. The molecule has 1 atom stereocenters. The molecule has 1 aromatic carbocycles.